The summed E-state index contributed by atoms with van der Waals surface area (Å²) in [6.07, 6.45) is 2.87. The monoisotopic (exact) mass is 510 g/mol. The highest BCUT2D eigenvalue weighted by Crippen LogP contribution is 2.33. The molecule has 5 rings (SSSR count). The van der Waals surface area contributed by atoms with Crippen molar-refractivity contribution in [3.05, 3.63) is 23.9 Å². The third kappa shape index (κ3) is 5.44. The van der Waals surface area contributed by atoms with Crippen LogP contribution in [-0.4, -0.2) is 88.4 Å². The summed E-state index contributed by atoms with van der Waals surface area (Å²) in [6.45, 7) is 10.7. The van der Waals surface area contributed by atoms with Crippen LogP contribution in [0, 0.1) is 0 Å². The first kappa shape index (κ1) is 25.5. The number of amides is 3. The number of piperazine rings is 1. The number of carbonyl (C=O) groups is 3. The number of hydrogen-bond acceptors (Lipinski definition) is 7. The Morgan fingerprint density at radius 3 is 2.54 bits per heavy atom. The molecule has 0 aliphatic carbocycles. The number of carbonyl (C=O) groups excluding carboxylic acids is 3. The summed E-state index contributed by atoms with van der Waals surface area (Å²) in [6, 6.07) is 6.80. The Hall–Kier alpha value is -3.14. The Kier molecular flexibility index (Phi) is 6.87. The van der Waals surface area contributed by atoms with E-state index in [2.05, 4.69) is 38.4 Å². The van der Waals surface area contributed by atoms with Crippen molar-refractivity contribution in [1.82, 2.24) is 24.9 Å². The molecule has 1 aromatic heterocycles. The molecular formula is C27H38N6O4. The molecule has 3 fully saturated rings. The Labute approximate surface area is 217 Å². The van der Waals surface area contributed by atoms with E-state index in [-0.39, 0.29) is 17.9 Å². The number of piperidine rings is 2. The molecule has 3 saturated heterocycles. The third-order valence-corrected chi connectivity index (χ3v) is 7.68. The molecule has 2 unspecified atom stereocenters. The number of fused-ring (bicyclic) bond motifs is 1. The highest BCUT2D eigenvalue weighted by molar-refractivity contribution is 6.02. The van der Waals surface area contributed by atoms with E-state index < -0.39 is 11.5 Å². The van der Waals surface area contributed by atoms with Crippen molar-refractivity contribution < 1.29 is 19.1 Å². The van der Waals surface area contributed by atoms with Gasteiger partial charge in [-0.25, -0.2) is 4.79 Å². The van der Waals surface area contributed by atoms with E-state index in [9.17, 15) is 14.4 Å². The fourth-order valence-electron chi connectivity index (χ4n) is 5.77. The zero-order valence-electron chi connectivity index (χ0n) is 22.3. The normalized spacial score (nSPS) is 23.9. The zero-order valence-corrected chi connectivity index (χ0v) is 22.3. The lowest BCUT2D eigenvalue weighted by molar-refractivity contribution is -0.134. The Morgan fingerprint density at radius 1 is 1.08 bits per heavy atom. The molecule has 3 aliphatic rings. The maximum Gasteiger partial charge on any atom is 0.410 e. The number of aromatic nitrogens is 2. The van der Waals surface area contributed by atoms with E-state index in [0.717, 1.165) is 61.3 Å². The summed E-state index contributed by atoms with van der Waals surface area (Å²) >= 11 is 0. The molecule has 3 amide bonds. The van der Waals surface area contributed by atoms with Gasteiger partial charge >= 0.3 is 6.09 Å². The second-order valence-corrected chi connectivity index (χ2v) is 11.5. The highest BCUT2D eigenvalue weighted by Gasteiger charge is 2.33. The van der Waals surface area contributed by atoms with Crippen LogP contribution in [0.15, 0.2) is 18.2 Å². The molecular weight excluding hydrogens is 472 g/mol. The first-order chi connectivity index (χ1) is 17.6. The van der Waals surface area contributed by atoms with Crippen LogP contribution in [0.1, 0.15) is 58.1 Å². The number of nitrogens with one attached hydrogen (secondary N) is 1. The summed E-state index contributed by atoms with van der Waals surface area (Å²) in [4.78, 5) is 43.2. The molecule has 0 saturated carbocycles. The third-order valence-electron chi connectivity index (χ3n) is 7.68. The van der Waals surface area contributed by atoms with E-state index in [1.54, 1.807) is 0 Å². The average Bonchev–Trinajstić information content (AvgIpc) is 3.18. The summed E-state index contributed by atoms with van der Waals surface area (Å²) in [5.74, 6) is -0.869. The summed E-state index contributed by atoms with van der Waals surface area (Å²) in [7, 11) is 1.91. The van der Waals surface area contributed by atoms with Crippen LogP contribution in [0.5, 0.6) is 0 Å². The van der Waals surface area contributed by atoms with Crippen LogP contribution in [0.2, 0.25) is 0 Å². The van der Waals surface area contributed by atoms with Crippen molar-refractivity contribution in [2.24, 2.45) is 7.05 Å². The number of aryl methyl sites for hydroxylation is 1. The van der Waals surface area contributed by atoms with Gasteiger partial charge in [-0.05, 0) is 58.2 Å². The predicted octanol–water partition coefficient (Wildman–Crippen LogP) is 2.62. The largest absolute Gasteiger partial charge is 0.444 e. The topological polar surface area (TPSA) is 100 Å². The average molecular weight is 511 g/mol. The van der Waals surface area contributed by atoms with Crippen LogP contribution in [0.4, 0.5) is 10.5 Å². The highest BCUT2D eigenvalue weighted by atomic mass is 16.6. The summed E-state index contributed by atoms with van der Waals surface area (Å²) in [5, 5.41) is 8.10. The van der Waals surface area contributed by atoms with Gasteiger partial charge in [-0.2, -0.15) is 5.10 Å². The second kappa shape index (κ2) is 9.96. The molecule has 10 nitrogen and oxygen atoms in total. The quantitative estimate of drug-likeness (QED) is 0.634. The zero-order chi connectivity index (χ0) is 26.3. The van der Waals surface area contributed by atoms with Crippen LogP contribution in [0.3, 0.4) is 0 Å². The molecule has 10 heteroatoms. The maximum atomic E-state index is 12.5. The van der Waals surface area contributed by atoms with Gasteiger partial charge in [0.1, 0.15) is 5.60 Å². The van der Waals surface area contributed by atoms with E-state index in [1.165, 1.54) is 0 Å². The molecule has 3 aliphatic heterocycles. The van der Waals surface area contributed by atoms with Gasteiger partial charge < -0.3 is 14.5 Å². The molecule has 4 heterocycles. The minimum atomic E-state index is -0.476. The van der Waals surface area contributed by atoms with Crippen LogP contribution < -0.4 is 10.2 Å². The lowest BCUT2D eigenvalue weighted by atomic mass is 9.92. The van der Waals surface area contributed by atoms with Crippen LogP contribution in [0.25, 0.3) is 10.9 Å². The van der Waals surface area contributed by atoms with Crippen LogP contribution in [-0.2, 0) is 21.4 Å². The second-order valence-electron chi connectivity index (χ2n) is 11.5. The molecule has 37 heavy (non-hydrogen) atoms. The standard InChI is InChI=1S/C27H38N6O4/c1-27(2,3)37-26(36)32-14-12-31(13-15-32)19-6-5-11-33(17-19)18-7-8-20-22(16-18)30(4)29-24(20)21-9-10-23(34)28-25(21)35/h7-8,16,19,21H,5-6,9-15,17H2,1-4H3,(H,28,34,35). The van der Waals surface area contributed by atoms with Crippen molar-refractivity contribution in [3.63, 3.8) is 0 Å². The number of rotatable bonds is 3. The first-order valence-electron chi connectivity index (χ1n) is 13.4. The summed E-state index contributed by atoms with van der Waals surface area (Å²) < 4.78 is 7.39. The molecule has 2 aromatic rings. The number of anilines is 1. The Balaban J connectivity index is 1.25. The van der Waals surface area contributed by atoms with Crippen LogP contribution >= 0.6 is 0 Å². The van der Waals surface area contributed by atoms with Crippen molar-refractivity contribution >= 4 is 34.5 Å². The molecule has 200 valence electrons. The first-order valence-corrected chi connectivity index (χ1v) is 13.4. The van der Waals surface area contributed by atoms with Gasteiger partial charge in [-0.3, -0.25) is 24.5 Å². The molecule has 1 aromatic carbocycles. The number of ether oxygens (including phenoxy) is 1. The molecule has 2 atom stereocenters. The van der Waals surface area contributed by atoms with Gasteiger partial charge in [0.05, 0.1) is 17.1 Å². The fourth-order valence-corrected chi connectivity index (χ4v) is 5.77. The van der Waals surface area contributed by atoms with Gasteiger partial charge in [0, 0.05) is 69.9 Å². The van der Waals surface area contributed by atoms with Gasteiger partial charge in [-0.15, -0.1) is 0 Å². The number of nitrogens with zero attached hydrogens (tertiary/aromatic N) is 5. The minimum Gasteiger partial charge on any atom is -0.444 e. The van der Waals surface area contributed by atoms with Crippen molar-refractivity contribution in [2.75, 3.05) is 44.2 Å². The van der Waals surface area contributed by atoms with Crippen molar-refractivity contribution in [3.8, 4) is 0 Å². The smallest absolute Gasteiger partial charge is 0.410 e. The van der Waals surface area contributed by atoms with E-state index in [4.69, 9.17) is 4.74 Å². The molecule has 0 radical (unpaired) electrons. The number of hydrogen-bond donors (Lipinski definition) is 1. The fraction of sp³-hybridized carbons (Fsp3) is 0.630. The van der Waals surface area contributed by atoms with Gasteiger partial charge in [0.25, 0.3) is 0 Å². The SMILES string of the molecule is Cn1nc(C2CCC(=O)NC2=O)c2ccc(N3CCCC(N4CCN(C(=O)OC(C)(C)C)CC4)C3)cc21. The Morgan fingerprint density at radius 2 is 1.84 bits per heavy atom. The van der Waals surface area contributed by atoms with E-state index >= 15 is 0 Å². The lowest BCUT2D eigenvalue weighted by Gasteiger charge is -2.44. The maximum absolute atomic E-state index is 12.5. The van der Waals surface area contributed by atoms with Gasteiger partial charge in [-0.1, -0.05) is 0 Å². The van der Waals surface area contributed by atoms with Crippen molar-refractivity contribution in [2.45, 2.75) is 64.0 Å². The lowest BCUT2D eigenvalue weighted by Crippen LogP contribution is -2.56. The number of benzene rings is 1. The van der Waals surface area contributed by atoms with Gasteiger partial charge in [0.15, 0.2) is 0 Å². The Bertz CT molecular complexity index is 1190. The summed E-state index contributed by atoms with van der Waals surface area (Å²) in [5.41, 5.74) is 2.41. The number of imide groups is 1. The molecule has 1 N–H and O–H groups in total. The predicted molar refractivity (Wildman–Crippen MR) is 140 cm³/mol. The van der Waals surface area contributed by atoms with E-state index in [0.29, 0.717) is 32.0 Å². The van der Waals surface area contributed by atoms with Crippen molar-refractivity contribution in [1.29, 1.82) is 0 Å². The minimum absolute atomic E-state index is 0.213. The van der Waals surface area contributed by atoms with Gasteiger partial charge in [0.2, 0.25) is 11.8 Å². The molecule has 0 bridgehead atoms. The molecule has 0 spiro atoms. The van der Waals surface area contributed by atoms with E-state index in [1.807, 2.05) is 37.4 Å².